The highest BCUT2D eigenvalue weighted by atomic mass is 35.5. The van der Waals surface area contributed by atoms with Gasteiger partial charge in [-0.3, -0.25) is 4.79 Å². The predicted octanol–water partition coefficient (Wildman–Crippen LogP) is 4.74. The number of anilines is 1. The Kier molecular flexibility index (Phi) is 5.43. The zero-order valence-electron chi connectivity index (χ0n) is 12.9. The van der Waals surface area contributed by atoms with E-state index in [4.69, 9.17) is 23.2 Å². The fourth-order valence-corrected chi connectivity index (χ4v) is 2.78. The maximum absolute atomic E-state index is 11.5. The van der Waals surface area contributed by atoms with E-state index in [9.17, 15) is 4.79 Å². The lowest BCUT2D eigenvalue weighted by molar-refractivity contribution is -0.111. The highest BCUT2D eigenvalue weighted by molar-refractivity contribution is 6.57. The van der Waals surface area contributed by atoms with Gasteiger partial charge in [0, 0.05) is 18.8 Å². The maximum Gasteiger partial charge on any atom is 0.215 e. The van der Waals surface area contributed by atoms with Gasteiger partial charge in [0.2, 0.25) is 5.78 Å². The lowest BCUT2D eigenvalue weighted by Gasteiger charge is -2.21. The van der Waals surface area contributed by atoms with Crippen LogP contribution < -0.4 is 4.90 Å². The summed E-state index contributed by atoms with van der Waals surface area (Å²) in [4.78, 5) is 18.3. The number of hydrogen-bond acceptors (Lipinski definition) is 3. The summed E-state index contributed by atoms with van der Waals surface area (Å²) in [7, 11) is 0. The van der Waals surface area contributed by atoms with E-state index < -0.39 is 0 Å². The van der Waals surface area contributed by atoms with Crippen molar-refractivity contribution in [2.45, 2.75) is 20.8 Å². The van der Waals surface area contributed by atoms with Gasteiger partial charge in [-0.05, 0) is 56.7 Å². The van der Waals surface area contributed by atoms with Crippen molar-refractivity contribution >= 4 is 46.1 Å². The molecule has 0 N–H and O–H groups in total. The molecule has 0 fully saturated rings. The van der Waals surface area contributed by atoms with Crippen LogP contribution in [0.25, 0.3) is 0 Å². The van der Waals surface area contributed by atoms with Gasteiger partial charge >= 0.3 is 0 Å². The van der Waals surface area contributed by atoms with Crippen molar-refractivity contribution in [2.24, 2.45) is 4.99 Å². The first-order valence-electron chi connectivity index (χ1n) is 7.19. The average molecular weight is 337 g/mol. The van der Waals surface area contributed by atoms with E-state index in [0.29, 0.717) is 5.71 Å². The quantitative estimate of drug-likeness (QED) is 0.743. The molecule has 5 heteroatoms. The van der Waals surface area contributed by atoms with Crippen molar-refractivity contribution in [1.82, 2.24) is 0 Å². The molecule has 1 aliphatic rings. The average Bonchev–Trinajstić information content (AvgIpc) is 2.48. The Labute approximate surface area is 140 Å². The second-order valence-corrected chi connectivity index (χ2v) is 5.81. The lowest BCUT2D eigenvalue weighted by atomic mass is 10.1. The largest absolute Gasteiger partial charge is 0.372 e. The molecular formula is C17H18Cl2N2O. The van der Waals surface area contributed by atoms with Crippen LogP contribution in [0.2, 0.25) is 0 Å². The first-order chi connectivity index (χ1) is 10.5. The number of halogens is 2. The van der Waals surface area contributed by atoms with Crippen LogP contribution in [0.5, 0.6) is 0 Å². The van der Waals surface area contributed by atoms with Crippen LogP contribution in [0.4, 0.5) is 11.4 Å². The summed E-state index contributed by atoms with van der Waals surface area (Å²) < 4.78 is 0. The molecule has 0 radical (unpaired) electrons. The van der Waals surface area contributed by atoms with E-state index in [1.54, 1.807) is 0 Å². The molecule has 0 bridgehead atoms. The smallest absolute Gasteiger partial charge is 0.215 e. The van der Waals surface area contributed by atoms with Gasteiger partial charge < -0.3 is 4.90 Å². The Bertz CT molecular complexity index is 662. The third-order valence-electron chi connectivity index (χ3n) is 3.54. The highest BCUT2D eigenvalue weighted by Gasteiger charge is 2.17. The summed E-state index contributed by atoms with van der Waals surface area (Å²) in [5, 5.41) is 0.173. The molecule has 1 aromatic carbocycles. The predicted molar refractivity (Wildman–Crippen MR) is 94.7 cm³/mol. The number of Topliss-reactive ketones (excluding diaryl/α,β-unsaturated/α-hetero) is 1. The van der Waals surface area contributed by atoms with Gasteiger partial charge in [-0.2, -0.15) is 0 Å². The number of allylic oxidation sites excluding steroid dienone is 4. The first kappa shape index (κ1) is 16.8. The standard InChI is InChI=1S/C17H18Cl2N2O/c1-4-21(5-2)13-6-7-16(11(3)8-13)20-12-9-14(18)17(22)15(19)10-12/h6-10H,4-5H2,1-3H3. The molecule has 3 nitrogen and oxygen atoms in total. The zero-order valence-corrected chi connectivity index (χ0v) is 14.4. The fourth-order valence-electron chi connectivity index (χ4n) is 2.30. The molecule has 1 aromatic rings. The SMILES string of the molecule is CCN(CC)c1ccc(N=C2C=C(Cl)C(=O)C(Cl)=C2)c(C)c1. The number of carbonyl (C=O) groups is 1. The van der Waals surface area contributed by atoms with Crippen LogP contribution in [0.15, 0.2) is 45.4 Å². The molecule has 0 aliphatic heterocycles. The third-order valence-corrected chi connectivity index (χ3v) is 4.10. The van der Waals surface area contributed by atoms with Crippen molar-refractivity contribution in [2.75, 3.05) is 18.0 Å². The minimum Gasteiger partial charge on any atom is -0.372 e. The summed E-state index contributed by atoms with van der Waals surface area (Å²) in [6.07, 6.45) is 3.07. The molecule has 0 amide bonds. The third kappa shape index (κ3) is 3.60. The van der Waals surface area contributed by atoms with E-state index in [-0.39, 0.29) is 15.8 Å². The number of aliphatic imine (C=N–C) groups is 1. The normalized spacial score (nSPS) is 14.6. The van der Waals surface area contributed by atoms with Crippen LogP contribution in [-0.4, -0.2) is 24.6 Å². The molecule has 1 aliphatic carbocycles. The number of carbonyl (C=O) groups excluding carboxylic acids is 1. The van der Waals surface area contributed by atoms with Crippen LogP contribution in [0.3, 0.4) is 0 Å². The van der Waals surface area contributed by atoms with Crippen molar-refractivity contribution in [3.05, 3.63) is 46.0 Å². The molecule has 0 saturated heterocycles. The van der Waals surface area contributed by atoms with Crippen LogP contribution in [-0.2, 0) is 4.79 Å². The number of aryl methyl sites for hydroxylation is 1. The van der Waals surface area contributed by atoms with Crippen molar-refractivity contribution in [3.8, 4) is 0 Å². The topological polar surface area (TPSA) is 32.7 Å². The molecule has 2 rings (SSSR count). The summed E-state index contributed by atoms with van der Waals surface area (Å²) in [5.41, 5.74) is 3.64. The molecule has 0 heterocycles. The maximum atomic E-state index is 11.5. The zero-order chi connectivity index (χ0) is 16.3. The molecule has 22 heavy (non-hydrogen) atoms. The van der Waals surface area contributed by atoms with Gasteiger partial charge in [0.1, 0.15) is 0 Å². The van der Waals surface area contributed by atoms with Crippen LogP contribution >= 0.6 is 23.2 Å². The summed E-state index contributed by atoms with van der Waals surface area (Å²) in [5.74, 6) is -0.365. The van der Waals surface area contributed by atoms with E-state index in [1.165, 1.54) is 17.8 Å². The molecule has 0 saturated carbocycles. The van der Waals surface area contributed by atoms with Gasteiger partial charge in [0.25, 0.3) is 0 Å². The number of nitrogens with zero attached hydrogens (tertiary/aromatic N) is 2. The Morgan fingerprint density at radius 1 is 1.09 bits per heavy atom. The second-order valence-electron chi connectivity index (χ2n) is 4.99. The fraction of sp³-hybridized carbons (Fsp3) is 0.294. The second kappa shape index (κ2) is 7.12. The minimum atomic E-state index is -0.365. The van der Waals surface area contributed by atoms with E-state index >= 15 is 0 Å². The van der Waals surface area contributed by atoms with Gasteiger partial charge in [0.15, 0.2) is 0 Å². The van der Waals surface area contributed by atoms with E-state index in [2.05, 4.69) is 29.8 Å². The molecular weight excluding hydrogens is 319 g/mol. The Hall–Kier alpha value is -1.58. The van der Waals surface area contributed by atoms with E-state index in [0.717, 1.165) is 24.3 Å². The molecule has 0 unspecified atom stereocenters. The number of hydrogen-bond donors (Lipinski definition) is 0. The van der Waals surface area contributed by atoms with Crippen molar-refractivity contribution in [1.29, 1.82) is 0 Å². The van der Waals surface area contributed by atoms with Crippen LogP contribution in [0, 0.1) is 6.92 Å². The Morgan fingerprint density at radius 2 is 1.68 bits per heavy atom. The summed E-state index contributed by atoms with van der Waals surface area (Å²) in [6, 6.07) is 6.12. The monoisotopic (exact) mass is 336 g/mol. The number of rotatable bonds is 4. The number of ketones is 1. The van der Waals surface area contributed by atoms with Gasteiger partial charge in [-0.25, -0.2) is 4.99 Å². The van der Waals surface area contributed by atoms with Crippen LogP contribution in [0.1, 0.15) is 19.4 Å². The van der Waals surface area contributed by atoms with E-state index in [1.807, 2.05) is 19.1 Å². The highest BCUT2D eigenvalue weighted by Crippen LogP contribution is 2.27. The molecule has 116 valence electrons. The van der Waals surface area contributed by atoms with Gasteiger partial charge in [-0.15, -0.1) is 0 Å². The van der Waals surface area contributed by atoms with Crippen molar-refractivity contribution in [3.63, 3.8) is 0 Å². The molecule has 0 spiro atoms. The Morgan fingerprint density at radius 3 is 2.18 bits per heavy atom. The first-order valence-corrected chi connectivity index (χ1v) is 7.95. The van der Waals surface area contributed by atoms with Gasteiger partial charge in [-0.1, -0.05) is 23.2 Å². The van der Waals surface area contributed by atoms with Gasteiger partial charge in [0.05, 0.1) is 21.5 Å². The minimum absolute atomic E-state index is 0.0867. The lowest BCUT2D eigenvalue weighted by Crippen LogP contribution is -2.21. The number of benzene rings is 1. The summed E-state index contributed by atoms with van der Waals surface area (Å²) in [6.45, 7) is 8.19. The molecule has 0 aromatic heterocycles. The van der Waals surface area contributed by atoms with Crippen molar-refractivity contribution < 1.29 is 4.79 Å². The molecule has 0 atom stereocenters. The Balaban J connectivity index is 2.35. The summed E-state index contributed by atoms with van der Waals surface area (Å²) >= 11 is 11.7.